The van der Waals surface area contributed by atoms with Gasteiger partial charge in [-0.15, -0.1) is 0 Å². The van der Waals surface area contributed by atoms with Gasteiger partial charge in [0.2, 0.25) is 0 Å². The molecule has 1 atom stereocenters. The molecule has 14 heavy (non-hydrogen) atoms. The highest BCUT2D eigenvalue weighted by Gasteiger charge is 2.10. The lowest BCUT2D eigenvalue weighted by Gasteiger charge is -2.19. The van der Waals surface area contributed by atoms with Gasteiger partial charge in [0.05, 0.1) is 6.20 Å². The minimum Gasteiger partial charge on any atom is -0.309 e. The summed E-state index contributed by atoms with van der Waals surface area (Å²) in [5.74, 6) is 0.684. The molecule has 1 unspecified atom stereocenters. The number of alkyl halides is 1. The highest BCUT2D eigenvalue weighted by molar-refractivity contribution is 14.1. The highest BCUT2D eigenvalue weighted by Crippen LogP contribution is 2.06. The van der Waals surface area contributed by atoms with Crippen molar-refractivity contribution >= 4 is 22.6 Å². The second-order valence-electron chi connectivity index (χ2n) is 3.91. The molecule has 0 aliphatic heterocycles. The summed E-state index contributed by atoms with van der Waals surface area (Å²) in [7, 11) is 1.95. The summed E-state index contributed by atoms with van der Waals surface area (Å²) in [5.41, 5.74) is 1.25. The first-order chi connectivity index (χ1) is 6.63. The molecular weight excluding hydrogens is 289 g/mol. The van der Waals surface area contributed by atoms with Crippen LogP contribution in [0.1, 0.15) is 19.4 Å². The molecule has 3 nitrogen and oxygen atoms in total. The van der Waals surface area contributed by atoms with Crippen molar-refractivity contribution in [1.82, 2.24) is 15.1 Å². The van der Waals surface area contributed by atoms with E-state index in [1.54, 1.807) is 0 Å². The Labute approximate surface area is 99.4 Å². The molecule has 0 amide bonds. The monoisotopic (exact) mass is 307 g/mol. The van der Waals surface area contributed by atoms with Crippen LogP contribution in [-0.4, -0.2) is 20.2 Å². The molecule has 1 rings (SSSR count). The molecule has 80 valence electrons. The number of rotatable bonds is 5. The molecule has 1 aromatic rings. The zero-order valence-electron chi connectivity index (χ0n) is 9.00. The molecule has 0 radical (unpaired) electrons. The Balaban J connectivity index is 2.39. The summed E-state index contributed by atoms with van der Waals surface area (Å²) >= 11 is 2.43. The van der Waals surface area contributed by atoms with Gasteiger partial charge in [0, 0.05) is 35.8 Å². The lowest BCUT2D eigenvalue weighted by molar-refractivity contribution is 0.436. The quantitative estimate of drug-likeness (QED) is 0.666. The average Bonchev–Trinajstić information content (AvgIpc) is 2.52. The van der Waals surface area contributed by atoms with Crippen LogP contribution < -0.4 is 5.32 Å². The van der Waals surface area contributed by atoms with E-state index in [4.69, 9.17) is 0 Å². The maximum Gasteiger partial charge on any atom is 0.0534 e. The molecule has 1 aromatic heterocycles. The van der Waals surface area contributed by atoms with Crippen molar-refractivity contribution in [3.8, 4) is 0 Å². The number of nitrogens with zero attached hydrogens (tertiary/aromatic N) is 2. The first-order valence-electron chi connectivity index (χ1n) is 4.90. The van der Waals surface area contributed by atoms with E-state index in [0.29, 0.717) is 12.0 Å². The van der Waals surface area contributed by atoms with Crippen molar-refractivity contribution in [3.05, 3.63) is 18.0 Å². The molecule has 1 N–H and O–H groups in total. The van der Waals surface area contributed by atoms with Crippen molar-refractivity contribution in [2.45, 2.75) is 26.4 Å². The minimum atomic E-state index is 0.593. The Hall–Kier alpha value is -0.100. The number of hydrogen-bond acceptors (Lipinski definition) is 2. The molecule has 0 aliphatic rings. The molecule has 0 saturated carbocycles. The Morgan fingerprint density at radius 1 is 1.57 bits per heavy atom. The Morgan fingerprint density at radius 2 is 2.29 bits per heavy atom. The van der Waals surface area contributed by atoms with Gasteiger partial charge in [-0.1, -0.05) is 36.4 Å². The topological polar surface area (TPSA) is 29.9 Å². The highest BCUT2D eigenvalue weighted by atomic mass is 127. The van der Waals surface area contributed by atoms with Gasteiger partial charge in [-0.05, 0) is 5.92 Å². The van der Waals surface area contributed by atoms with Crippen molar-refractivity contribution in [3.63, 3.8) is 0 Å². The van der Waals surface area contributed by atoms with Crippen LogP contribution in [0.25, 0.3) is 0 Å². The average molecular weight is 307 g/mol. The molecule has 4 heteroatoms. The lowest BCUT2D eigenvalue weighted by Crippen LogP contribution is -2.34. The largest absolute Gasteiger partial charge is 0.309 e. The molecule has 0 bridgehead atoms. The number of aromatic nitrogens is 2. The maximum atomic E-state index is 4.14. The zero-order chi connectivity index (χ0) is 10.6. The molecule has 0 aromatic carbocycles. The van der Waals surface area contributed by atoms with Gasteiger partial charge in [0.25, 0.3) is 0 Å². The van der Waals surface area contributed by atoms with Crippen molar-refractivity contribution in [1.29, 1.82) is 0 Å². The molecule has 0 fully saturated rings. The number of hydrogen-bond donors (Lipinski definition) is 1. The van der Waals surface area contributed by atoms with Crippen molar-refractivity contribution in [2.75, 3.05) is 4.43 Å². The van der Waals surface area contributed by atoms with Gasteiger partial charge in [-0.3, -0.25) is 4.68 Å². The van der Waals surface area contributed by atoms with E-state index in [2.05, 4.69) is 53.1 Å². The fourth-order valence-electron chi connectivity index (χ4n) is 1.28. The number of aryl methyl sites for hydroxylation is 1. The van der Waals surface area contributed by atoms with Crippen LogP contribution in [0.2, 0.25) is 0 Å². The van der Waals surface area contributed by atoms with Crippen molar-refractivity contribution < 1.29 is 0 Å². The zero-order valence-corrected chi connectivity index (χ0v) is 11.2. The lowest BCUT2D eigenvalue weighted by atomic mass is 10.1. The normalized spacial score (nSPS) is 13.5. The van der Waals surface area contributed by atoms with E-state index < -0.39 is 0 Å². The molecule has 0 spiro atoms. The molecule has 0 saturated heterocycles. The van der Waals surface area contributed by atoms with E-state index >= 15 is 0 Å². The fraction of sp³-hybridized carbons (Fsp3) is 0.700. The van der Waals surface area contributed by atoms with E-state index in [9.17, 15) is 0 Å². The van der Waals surface area contributed by atoms with Crippen LogP contribution in [0.5, 0.6) is 0 Å². The van der Waals surface area contributed by atoms with Gasteiger partial charge in [-0.25, -0.2) is 0 Å². The van der Waals surface area contributed by atoms with Gasteiger partial charge >= 0.3 is 0 Å². The SMILES string of the molecule is CC(C)C(CI)NCc1cnn(C)c1. The van der Waals surface area contributed by atoms with E-state index in [1.807, 2.05) is 17.9 Å². The standard InChI is InChI=1S/C10H18IN3/c1-8(2)10(4-11)12-5-9-6-13-14(3)7-9/h6-8,10,12H,4-5H2,1-3H3. The smallest absolute Gasteiger partial charge is 0.0534 e. The van der Waals surface area contributed by atoms with Crippen LogP contribution in [0.3, 0.4) is 0 Å². The second-order valence-corrected chi connectivity index (χ2v) is 4.79. The first-order valence-corrected chi connectivity index (χ1v) is 6.43. The summed E-state index contributed by atoms with van der Waals surface area (Å²) in [6.07, 6.45) is 3.97. The van der Waals surface area contributed by atoms with Gasteiger partial charge < -0.3 is 5.32 Å². The van der Waals surface area contributed by atoms with Crippen molar-refractivity contribution in [2.24, 2.45) is 13.0 Å². The summed E-state index contributed by atoms with van der Waals surface area (Å²) in [5, 5.41) is 7.68. The van der Waals surface area contributed by atoms with Gasteiger partial charge in [0.15, 0.2) is 0 Å². The Morgan fingerprint density at radius 3 is 2.71 bits per heavy atom. The van der Waals surface area contributed by atoms with E-state index in [0.717, 1.165) is 11.0 Å². The third-order valence-corrected chi connectivity index (χ3v) is 3.25. The van der Waals surface area contributed by atoms with Crippen LogP contribution >= 0.6 is 22.6 Å². The van der Waals surface area contributed by atoms with E-state index in [1.165, 1.54) is 5.56 Å². The first kappa shape index (κ1) is 12.0. The van der Waals surface area contributed by atoms with Crippen LogP contribution in [0, 0.1) is 5.92 Å². The Kier molecular flexibility index (Phi) is 4.88. The second kappa shape index (κ2) is 5.70. The molecular formula is C10H18IN3. The maximum absolute atomic E-state index is 4.14. The van der Waals surface area contributed by atoms with E-state index in [-0.39, 0.29) is 0 Å². The van der Waals surface area contributed by atoms with Crippen LogP contribution in [0.15, 0.2) is 12.4 Å². The van der Waals surface area contributed by atoms with Gasteiger partial charge in [0.1, 0.15) is 0 Å². The number of halogens is 1. The predicted octanol–water partition coefficient (Wildman–Crippen LogP) is 1.97. The summed E-state index contributed by atoms with van der Waals surface area (Å²) in [6.45, 7) is 5.42. The minimum absolute atomic E-state index is 0.593. The number of nitrogens with one attached hydrogen (secondary N) is 1. The third-order valence-electron chi connectivity index (χ3n) is 2.30. The third kappa shape index (κ3) is 3.57. The summed E-state index contributed by atoms with van der Waals surface area (Å²) in [4.78, 5) is 0. The predicted molar refractivity (Wildman–Crippen MR) is 67.6 cm³/mol. The van der Waals surface area contributed by atoms with Crippen LogP contribution in [-0.2, 0) is 13.6 Å². The summed E-state index contributed by atoms with van der Waals surface area (Å²) < 4.78 is 2.99. The summed E-state index contributed by atoms with van der Waals surface area (Å²) in [6, 6.07) is 0.593. The fourth-order valence-corrected chi connectivity index (χ4v) is 2.61. The van der Waals surface area contributed by atoms with Gasteiger partial charge in [-0.2, -0.15) is 5.10 Å². The van der Waals surface area contributed by atoms with Crippen LogP contribution in [0.4, 0.5) is 0 Å². The molecule has 0 aliphatic carbocycles. The Bertz CT molecular complexity index is 270. The molecule has 1 heterocycles.